The Morgan fingerprint density at radius 2 is 2.08 bits per heavy atom. The van der Waals surface area contributed by atoms with Gasteiger partial charge < -0.3 is 5.32 Å². The number of nitrogens with one attached hydrogen (secondary N) is 1. The maximum Gasteiger partial charge on any atom is 0.256 e. The molecule has 24 heavy (non-hydrogen) atoms. The fourth-order valence-electron chi connectivity index (χ4n) is 3.16. The second kappa shape index (κ2) is 6.00. The van der Waals surface area contributed by atoms with E-state index >= 15 is 0 Å². The predicted octanol–water partition coefficient (Wildman–Crippen LogP) is 2.66. The van der Waals surface area contributed by atoms with Gasteiger partial charge in [-0.3, -0.25) is 9.59 Å². The fraction of sp³-hybridized carbons (Fsp3) is 0.556. The highest BCUT2D eigenvalue weighted by molar-refractivity contribution is 6.01. The number of hydrogen-bond acceptors (Lipinski definition) is 4. The molecule has 0 radical (unpaired) electrons. The lowest BCUT2D eigenvalue weighted by molar-refractivity contribution is 0.0907. The van der Waals surface area contributed by atoms with Gasteiger partial charge in [-0.2, -0.15) is 5.10 Å². The third kappa shape index (κ3) is 3.05. The summed E-state index contributed by atoms with van der Waals surface area (Å²) in [5, 5.41) is 7.25. The topological polar surface area (TPSA) is 76.4 Å². The molecular weight excluding hydrogens is 304 g/mol. The molecule has 0 bridgehead atoms. The lowest BCUT2D eigenvalue weighted by atomic mass is 9.76. The number of nitrogens with zero attached hydrogens (tertiary/aromatic N) is 3. The first kappa shape index (κ1) is 16.6. The standard InChI is InChI=1S/C18H24N4O2/c1-11(2)5-6-19-17(24)13-10-21-22-14-7-18(3,4)8-15(23)12(14)9-20-16(13)22/h9-11H,5-8H2,1-4H3,(H,19,24). The number of amides is 1. The molecule has 6 heteroatoms. The molecule has 1 aliphatic carbocycles. The molecule has 6 nitrogen and oxygen atoms in total. The zero-order valence-corrected chi connectivity index (χ0v) is 14.7. The molecule has 0 aromatic carbocycles. The van der Waals surface area contributed by atoms with Crippen LogP contribution < -0.4 is 5.32 Å². The van der Waals surface area contributed by atoms with Gasteiger partial charge >= 0.3 is 0 Å². The van der Waals surface area contributed by atoms with Gasteiger partial charge in [-0.25, -0.2) is 9.50 Å². The highest BCUT2D eigenvalue weighted by Crippen LogP contribution is 2.34. The third-order valence-corrected chi connectivity index (χ3v) is 4.46. The number of Topliss-reactive ketones (excluding diaryl/α,β-unsaturated/α-hetero) is 1. The highest BCUT2D eigenvalue weighted by atomic mass is 16.1. The molecule has 0 saturated carbocycles. The Morgan fingerprint density at radius 1 is 1.33 bits per heavy atom. The molecule has 0 atom stereocenters. The van der Waals surface area contributed by atoms with Gasteiger partial charge in [0.2, 0.25) is 0 Å². The largest absolute Gasteiger partial charge is 0.352 e. The zero-order chi connectivity index (χ0) is 17.5. The molecule has 1 N–H and O–H groups in total. The number of aromatic nitrogens is 3. The minimum atomic E-state index is -0.167. The number of hydrogen-bond donors (Lipinski definition) is 1. The summed E-state index contributed by atoms with van der Waals surface area (Å²) >= 11 is 0. The van der Waals surface area contributed by atoms with Gasteiger partial charge in [0, 0.05) is 19.2 Å². The molecule has 0 unspecified atom stereocenters. The Balaban J connectivity index is 1.94. The van der Waals surface area contributed by atoms with E-state index in [1.807, 2.05) is 0 Å². The fourth-order valence-corrected chi connectivity index (χ4v) is 3.16. The van der Waals surface area contributed by atoms with Gasteiger partial charge in [-0.1, -0.05) is 27.7 Å². The van der Waals surface area contributed by atoms with Crippen LogP contribution in [0.25, 0.3) is 5.65 Å². The maximum absolute atomic E-state index is 12.4. The second-order valence-electron chi connectivity index (χ2n) is 7.79. The van der Waals surface area contributed by atoms with Crippen molar-refractivity contribution in [2.45, 2.75) is 47.0 Å². The predicted molar refractivity (Wildman–Crippen MR) is 91.2 cm³/mol. The van der Waals surface area contributed by atoms with E-state index in [1.165, 1.54) is 0 Å². The van der Waals surface area contributed by atoms with Crippen LogP contribution >= 0.6 is 0 Å². The van der Waals surface area contributed by atoms with Gasteiger partial charge in [0.05, 0.1) is 17.5 Å². The van der Waals surface area contributed by atoms with E-state index in [0.29, 0.717) is 35.7 Å². The number of fused-ring (bicyclic) bond motifs is 3. The van der Waals surface area contributed by atoms with Crippen LogP contribution in [0.1, 0.15) is 66.9 Å². The molecule has 0 aliphatic heterocycles. The van der Waals surface area contributed by atoms with Crippen LogP contribution in [0.2, 0.25) is 0 Å². The summed E-state index contributed by atoms with van der Waals surface area (Å²) in [7, 11) is 0. The van der Waals surface area contributed by atoms with Crippen molar-refractivity contribution in [2.75, 3.05) is 6.54 Å². The van der Waals surface area contributed by atoms with Crippen LogP contribution in [0.3, 0.4) is 0 Å². The van der Waals surface area contributed by atoms with Crippen LogP contribution in [-0.4, -0.2) is 32.8 Å². The lowest BCUT2D eigenvalue weighted by Gasteiger charge is -2.29. The normalized spacial score (nSPS) is 16.5. The van der Waals surface area contributed by atoms with Gasteiger partial charge in [-0.05, 0) is 24.2 Å². The van der Waals surface area contributed by atoms with Gasteiger partial charge in [0.1, 0.15) is 5.56 Å². The lowest BCUT2D eigenvalue weighted by Crippen LogP contribution is -2.29. The van der Waals surface area contributed by atoms with Gasteiger partial charge in [0.15, 0.2) is 11.4 Å². The maximum atomic E-state index is 12.4. The van der Waals surface area contributed by atoms with E-state index in [1.54, 1.807) is 16.9 Å². The molecular formula is C18H24N4O2. The average Bonchev–Trinajstić information content (AvgIpc) is 2.90. The Bertz CT molecular complexity index is 805. The molecule has 3 rings (SSSR count). The number of carbonyl (C=O) groups excluding carboxylic acids is 2. The monoisotopic (exact) mass is 328 g/mol. The van der Waals surface area contributed by atoms with Crippen LogP contribution in [0.15, 0.2) is 12.4 Å². The van der Waals surface area contributed by atoms with Crippen LogP contribution in [0.4, 0.5) is 0 Å². The van der Waals surface area contributed by atoms with Crippen LogP contribution in [0.5, 0.6) is 0 Å². The number of rotatable bonds is 4. The molecule has 128 valence electrons. The van der Waals surface area contributed by atoms with Crippen molar-refractivity contribution < 1.29 is 9.59 Å². The van der Waals surface area contributed by atoms with E-state index in [2.05, 4.69) is 43.1 Å². The molecule has 2 aromatic rings. The number of carbonyl (C=O) groups is 2. The van der Waals surface area contributed by atoms with Crippen molar-refractivity contribution in [3.63, 3.8) is 0 Å². The minimum Gasteiger partial charge on any atom is -0.352 e. The summed E-state index contributed by atoms with van der Waals surface area (Å²) in [6, 6.07) is 0. The Kier molecular flexibility index (Phi) is 4.15. The van der Waals surface area contributed by atoms with Crippen LogP contribution in [-0.2, 0) is 6.42 Å². The van der Waals surface area contributed by atoms with Crippen molar-refractivity contribution in [3.05, 3.63) is 29.2 Å². The molecule has 2 heterocycles. The second-order valence-corrected chi connectivity index (χ2v) is 7.79. The Morgan fingerprint density at radius 3 is 2.79 bits per heavy atom. The minimum absolute atomic E-state index is 0.0917. The first-order chi connectivity index (χ1) is 11.3. The summed E-state index contributed by atoms with van der Waals surface area (Å²) in [6.45, 7) is 9.01. The Hall–Kier alpha value is -2.24. The zero-order valence-electron chi connectivity index (χ0n) is 14.7. The van der Waals surface area contributed by atoms with Crippen molar-refractivity contribution in [1.82, 2.24) is 19.9 Å². The van der Waals surface area contributed by atoms with Crippen molar-refractivity contribution >= 4 is 17.3 Å². The molecule has 0 saturated heterocycles. The summed E-state index contributed by atoms with van der Waals surface area (Å²) in [4.78, 5) is 29.1. The first-order valence-corrected chi connectivity index (χ1v) is 8.45. The SMILES string of the molecule is CC(C)CCNC(=O)c1cnn2c3c(cnc12)C(=O)CC(C)(C)C3. The summed E-state index contributed by atoms with van der Waals surface area (Å²) in [6.07, 6.45) is 5.31. The van der Waals surface area contributed by atoms with Crippen molar-refractivity contribution in [1.29, 1.82) is 0 Å². The molecule has 0 fully saturated rings. The molecule has 1 amide bonds. The van der Waals surface area contributed by atoms with Gasteiger partial charge in [-0.15, -0.1) is 0 Å². The Labute approximate surface area is 141 Å². The molecule has 1 aliphatic rings. The van der Waals surface area contributed by atoms with Crippen molar-refractivity contribution in [3.8, 4) is 0 Å². The summed E-state index contributed by atoms with van der Waals surface area (Å²) in [5.74, 6) is 0.459. The van der Waals surface area contributed by atoms with E-state index in [0.717, 1.165) is 18.5 Å². The third-order valence-electron chi connectivity index (χ3n) is 4.46. The van der Waals surface area contributed by atoms with E-state index < -0.39 is 0 Å². The summed E-state index contributed by atoms with van der Waals surface area (Å²) < 4.78 is 1.66. The van der Waals surface area contributed by atoms with Crippen molar-refractivity contribution in [2.24, 2.45) is 11.3 Å². The van der Waals surface area contributed by atoms with Crippen LogP contribution in [0, 0.1) is 11.3 Å². The highest BCUT2D eigenvalue weighted by Gasteiger charge is 2.33. The first-order valence-electron chi connectivity index (χ1n) is 8.45. The quantitative estimate of drug-likeness (QED) is 0.936. The van der Waals surface area contributed by atoms with Gasteiger partial charge in [0.25, 0.3) is 5.91 Å². The van der Waals surface area contributed by atoms with E-state index in [-0.39, 0.29) is 17.1 Å². The average molecular weight is 328 g/mol. The van der Waals surface area contributed by atoms with E-state index in [4.69, 9.17) is 0 Å². The summed E-state index contributed by atoms with van der Waals surface area (Å²) in [5.41, 5.74) is 2.34. The smallest absolute Gasteiger partial charge is 0.256 e. The number of ketones is 1. The molecule has 0 spiro atoms. The van der Waals surface area contributed by atoms with E-state index in [9.17, 15) is 9.59 Å². The molecule has 2 aromatic heterocycles.